The van der Waals surface area contributed by atoms with Crippen LogP contribution in [0.3, 0.4) is 0 Å². The molecule has 1 N–H and O–H groups in total. The van der Waals surface area contributed by atoms with Gasteiger partial charge in [0.1, 0.15) is 11.6 Å². The summed E-state index contributed by atoms with van der Waals surface area (Å²) in [7, 11) is 0. The Morgan fingerprint density at radius 2 is 1.70 bits per heavy atom. The molecule has 0 heterocycles. The number of rotatable bonds is 4. The molecule has 23 heavy (non-hydrogen) atoms. The topological polar surface area (TPSA) is 38.3 Å². The lowest BCUT2D eigenvalue weighted by molar-refractivity contribution is -0.122. The molecule has 4 heteroatoms. The van der Waals surface area contributed by atoms with Crippen LogP contribution in [-0.4, -0.2) is 12.0 Å². The average molecular weight is 309 g/mol. The van der Waals surface area contributed by atoms with Crippen molar-refractivity contribution in [2.45, 2.75) is 13.0 Å². The van der Waals surface area contributed by atoms with Crippen LogP contribution in [0.1, 0.15) is 6.92 Å². The second kappa shape index (κ2) is 6.48. The third-order valence-electron chi connectivity index (χ3n) is 3.53. The lowest BCUT2D eigenvalue weighted by Gasteiger charge is -2.16. The monoisotopic (exact) mass is 309 g/mol. The van der Waals surface area contributed by atoms with Crippen molar-refractivity contribution in [1.82, 2.24) is 0 Å². The fraction of sp³-hybridized carbons (Fsp3) is 0.105. The van der Waals surface area contributed by atoms with E-state index >= 15 is 0 Å². The molecule has 0 unspecified atom stereocenters. The Morgan fingerprint density at radius 3 is 2.48 bits per heavy atom. The van der Waals surface area contributed by atoms with Crippen LogP contribution in [0.5, 0.6) is 5.75 Å². The van der Waals surface area contributed by atoms with Crippen molar-refractivity contribution in [2.75, 3.05) is 5.32 Å². The maximum Gasteiger partial charge on any atom is 0.265 e. The van der Waals surface area contributed by atoms with Gasteiger partial charge in [-0.2, -0.15) is 0 Å². The lowest BCUT2D eigenvalue weighted by Crippen LogP contribution is -2.30. The summed E-state index contributed by atoms with van der Waals surface area (Å²) >= 11 is 0. The average Bonchev–Trinajstić information content (AvgIpc) is 2.57. The number of carbonyl (C=O) groups is 1. The van der Waals surface area contributed by atoms with Gasteiger partial charge in [-0.1, -0.05) is 36.4 Å². The summed E-state index contributed by atoms with van der Waals surface area (Å²) in [6.45, 7) is 1.68. The van der Waals surface area contributed by atoms with Crippen LogP contribution in [0.15, 0.2) is 66.7 Å². The first-order valence-electron chi connectivity index (χ1n) is 7.34. The number of hydrogen-bond acceptors (Lipinski definition) is 2. The van der Waals surface area contributed by atoms with Crippen molar-refractivity contribution in [1.29, 1.82) is 0 Å². The molecule has 0 saturated carbocycles. The Kier molecular flexibility index (Phi) is 4.24. The second-order valence-corrected chi connectivity index (χ2v) is 5.23. The molecule has 0 fully saturated rings. The van der Waals surface area contributed by atoms with Gasteiger partial charge in [-0.05, 0) is 42.6 Å². The Balaban J connectivity index is 1.73. The van der Waals surface area contributed by atoms with Crippen LogP contribution in [0.4, 0.5) is 10.1 Å². The predicted molar refractivity (Wildman–Crippen MR) is 89.1 cm³/mol. The molecule has 0 radical (unpaired) electrons. The van der Waals surface area contributed by atoms with Gasteiger partial charge in [0, 0.05) is 11.1 Å². The van der Waals surface area contributed by atoms with Crippen LogP contribution >= 0.6 is 0 Å². The Hall–Kier alpha value is -2.88. The number of amides is 1. The molecule has 0 bridgehead atoms. The molecular weight excluding hydrogens is 293 g/mol. The molecule has 0 spiro atoms. The minimum absolute atomic E-state index is 0.287. The molecule has 1 atom stereocenters. The molecule has 0 aliphatic heterocycles. The SMILES string of the molecule is C[C@@H](Oc1cccc2ccccc12)C(=O)Nc1ccc(F)cc1. The first-order valence-corrected chi connectivity index (χ1v) is 7.34. The third kappa shape index (κ3) is 3.48. The summed E-state index contributed by atoms with van der Waals surface area (Å²) in [6.07, 6.45) is -0.675. The highest BCUT2D eigenvalue weighted by Crippen LogP contribution is 2.26. The molecular formula is C19H16FNO2. The number of fused-ring (bicyclic) bond motifs is 1. The van der Waals surface area contributed by atoms with Crippen LogP contribution in [-0.2, 0) is 4.79 Å². The van der Waals surface area contributed by atoms with E-state index in [0.29, 0.717) is 11.4 Å². The van der Waals surface area contributed by atoms with E-state index in [1.54, 1.807) is 6.92 Å². The molecule has 0 aromatic heterocycles. The summed E-state index contributed by atoms with van der Waals surface area (Å²) in [4.78, 5) is 12.2. The van der Waals surface area contributed by atoms with Crippen molar-refractivity contribution in [2.24, 2.45) is 0 Å². The smallest absolute Gasteiger partial charge is 0.265 e. The number of nitrogens with one attached hydrogen (secondary N) is 1. The maximum absolute atomic E-state index is 12.9. The zero-order chi connectivity index (χ0) is 16.2. The Morgan fingerprint density at radius 1 is 1.00 bits per heavy atom. The summed E-state index contributed by atoms with van der Waals surface area (Å²) in [6, 6.07) is 19.2. The number of ether oxygens (including phenoxy) is 1. The van der Waals surface area contributed by atoms with Gasteiger partial charge < -0.3 is 10.1 Å². The van der Waals surface area contributed by atoms with Crippen LogP contribution in [0.25, 0.3) is 10.8 Å². The van der Waals surface area contributed by atoms with E-state index in [-0.39, 0.29) is 11.7 Å². The number of benzene rings is 3. The molecule has 3 aromatic rings. The van der Waals surface area contributed by atoms with Crippen molar-refractivity contribution >= 4 is 22.4 Å². The summed E-state index contributed by atoms with van der Waals surface area (Å²) in [5.74, 6) is 0.0254. The lowest BCUT2D eigenvalue weighted by atomic mass is 10.1. The number of halogens is 1. The van der Waals surface area contributed by atoms with E-state index in [2.05, 4.69) is 5.32 Å². The first kappa shape index (κ1) is 15.0. The number of carbonyl (C=O) groups excluding carboxylic acids is 1. The zero-order valence-corrected chi connectivity index (χ0v) is 12.6. The zero-order valence-electron chi connectivity index (χ0n) is 12.6. The van der Waals surface area contributed by atoms with Crippen LogP contribution in [0, 0.1) is 5.82 Å². The largest absolute Gasteiger partial charge is 0.480 e. The van der Waals surface area contributed by atoms with E-state index in [9.17, 15) is 9.18 Å². The highest BCUT2D eigenvalue weighted by Gasteiger charge is 2.16. The minimum Gasteiger partial charge on any atom is -0.480 e. The van der Waals surface area contributed by atoms with Gasteiger partial charge in [-0.25, -0.2) is 4.39 Å². The van der Waals surface area contributed by atoms with Crippen LogP contribution in [0.2, 0.25) is 0 Å². The summed E-state index contributed by atoms with van der Waals surface area (Å²) in [5, 5.41) is 4.71. The fourth-order valence-electron chi connectivity index (χ4n) is 2.32. The van der Waals surface area contributed by atoms with Gasteiger partial charge in [0.05, 0.1) is 0 Å². The quantitative estimate of drug-likeness (QED) is 0.776. The Labute approximate surface area is 133 Å². The van der Waals surface area contributed by atoms with Crippen molar-refractivity contribution in [3.05, 3.63) is 72.5 Å². The van der Waals surface area contributed by atoms with Gasteiger partial charge in [-0.15, -0.1) is 0 Å². The van der Waals surface area contributed by atoms with E-state index < -0.39 is 6.10 Å². The van der Waals surface area contributed by atoms with E-state index in [1.165, 1.54) is 24.3 Å². The number of anilines is 1. The molecule has 116 valence electrons. The maximum atomic E-state index is 12.9. The molecule has 3 aromatic carbocycles. The van der Waals surface area contributed by atoms with Gasteiger partial charge in [-0.3, -0.25) is 4.79 Å². The highest BCUT2D eigenvalue weighted by molar-refractivity contribution is 5.95. The molecule has 3 nitrogen and oxygen atoms in total. The third-order valence-corrected chi connectivity index (χ3v) is 3.53. The highest BCUT2D eigenvalue weighted by atomic mass is 19.1. The molecule has 0 saturated heterocycles. The van der Waals surface area contributed by atoms with E-state index in [0.717, 1.165) is 10.8 Å². The Bertz CT molecular complexity index is 825. The minimum atomic E-state index is -0.675. The standard InChI is InChI=1S/C19H16FNO2/c1-13(19(22)21-16-11-9-15(20)10-12-16)23-18-8-4-6-14-5-2-3-7-17(14)18/h2-13H,1H3,(H,21,22)/t13-/m1/s1. The molecule has 0 aliphatic carbocycles. The normalized spacial score (nSPS) is 11.9. The number of hydrogen-bond donors (Lipinski definition) is 1. The first-order chi connectivity index (χ1) is 11.1. The fourth-order valence-corrected chi connectivity index (χ4v) is 2.32. The van der Waals surface area contributed by atoms with Crippen molar-refractivity contribution in [3.63, 3.8) is 0 Å². The van der Waals surface area contributed by atoms with Gasteiger partial charge >= 0.3 is 0 Å². The van der Waals surface area contributed by atoms with Crippen LogP contribution < -0.4 is 10.1 Å². The summed E-state index contributed by atoms with van der Waals surface area (Å²) < 4.78 is 18.7. The second-order valence-electron chi connectivity index (χ2n) is 5.23. The van der Waals surface area contributed by atoms with Crippen molar-refractivity contribution < 1.29 is 13.9 Å². The van der Waals surface area contributed by atoms with Gasteiger partial charge in [0.2, 0.25) is 0 Å². The van der Waals surface area contributed by atoms with E-state index in [4.69, 9.17) is 4.74 Å². The summed E-state index contributed by atoms with van der Waals surface area (Å²) in [5.41, 5.74) is 0.532. The van der Waals surface area contributed by atoms with Gasteiger partial charge in [0.25, 0.3) is 5.91 Å². The molecule has 0 aliphatic rings. The molecule has 3 rings (SSSR count). The predicted octanol–water partition coefficient (Wildman–Crippen LogP) is 4.38. The van der Waals surface area contributed by atoms with E-state index in [1.807, 2.05) is 42.5 Å². The molecule has 1 amide bonds. The van der Waals surface area contributed by atoms with Crippen molar-refractivity contribution in [3.8, 4) is 5.75 Å². The van der Waals surface area contributed by atoms with Gasteiger partial charge in [0.15, 0.2) is 6.10 Å².